The summed E-state index contributed by atoms with van der Waals surface area (Å²) in [5.41, 5.74) is 2.16. The van der Waals surface area contributed by atoms with Crippen molar-refractivity contribution in [3.8, 4) is 0 Å². The fourth-order valence-electron chi connectivity index (χ4n) is 4.89. The maximum Gasteiger partial charge on any atom is 0.229 e. The Kier molecular flexibility index (Phi) is 6.36. The van der Waals surface area contributed by atoms with Crippen LogP contribution in [0.25, 0.3) is 0 Å². The molecule has 0 bridgehead atoms. The van der Waals surface area contributed by atoms with E-state index < -0.39 is 0 Å². The lowest BCUT2D eigenvalue weighted by Gasteiger charge is -2.46. The topological polar surface area (TPSA) is 88.0 Å². The molecule has 168 valence electrons. The summed E-state index contributed by atoms with van der Waals surface area (Å²) in [7, 11) is 1.88. The van der Waals surface area contributed by atoms with E-state index in [4.69, 9.17) is 11.6 Å². The third-order valence-electron chi connectivity index (χ3n) is 6.87. The molecule has 8 nitrogen and oxygen atoms in total. The van der Waals surface area contributed by atoms with E-state index in [2.05, 4.69) is 25.7 Å². The number of anilines is 3. The number of hydrogen-bond acceptors (Lipinski definition) is 6. The van der Waals surface area contributed by atoms with E-state index in [1.807, 2.05) is 32.0 Å². The monoisotopic (exact) mass is 445 g/mol. The van der Waals surface area contributed by atoms with E-state index in [-0.39, 0.29) is 5.91 Å². The average molecular weight is 446 g/mol. The molecule has 9 heteroatoms. The number of halogens is 1. The number of piperidine rings is 1. The highest BCUT2D eigenvalue weighted by Crippen LogP contribution is 2.45. The molecule has 0 radical (unpaired) electrons. The molecule has 2 N–H and O–H groups in total. The Labute approximate surface area is 188 Å². The zero-order valence-electron chi connectivity index (χ0n) is 18.6. The minimum Gasteiger partial charge on any atom is -0.366 e. The first-order valence-electron chi connectivity index (χ1n) is 11.2. The number of carbonyl (C=O) groups excluding carboxylic acids is 1. The summed E-state index contributed by atoms with van der Waals surface area (Å²) in [6, 6.07) is 0.348. The molecule has 1 aliphatic heterocycles. The van der Waals surface area contributed by atoms with E-state index in [0.29, 0.717) is 34.7 Å². The number of aromatic nitrogens is 4. The Bertz CT molecular complexity index is 926. The molecule has 1 saturated carbocycles. The van der Waals surface area contributed by atoms with E-state index >= 15 is 0 Å². The summed E-state index contributed by atoms with van der Waals surface area (Å²) in [4.78, 5) is 22.9. The summed E-state index contributed by atoms with van der Waals surface area (Å²) in [6.45, 7) is 5.70. The number of nitrogens with one attached hydrogen (secondary N) is 2. The Morgan fingerprint density at radius 1 is 1.26 bits per heavy atom. The third kappa shape index (κ3) is 4.95. The molecule has 3 heterocycles. The van der Waals surface area contributed by atoms with E-state index in [0.717, 1.165) is 50.2 Å². The third-order valence-corrected chi connectivity index (χ3v) is 7.15. The van der Waals surface area contributed by atoms with Crippen molar-refractivity contribution in [1.82, 2.24) is 24.6 Å². The normalized spacial score (nSPS) is 18.9. The molecule has 2 aliphatic rings. The van der Waals surface area contributed by atoms with Crippen molar-refractivity contribution in [3.05, 3.63) is 23.1 Å². The molecule has 2 aromatic heterocycles. The smallest absolute Gasteiger partial charge is 0.229 e. The highest BCUT2D eigenvalue weighted by molar-refractivity contribution is 6.32. The van der Waals surface area contributed by atoms with Crippen molar-refractivity contribution in [2.75, 3.05) is 23.7 Å². The van der Waals surface area contributed by atoms with Crippen molar-refractivity contribution < 1.29 is 4.79 Å². The summed E-state index contributed by atoms with van der Waals surface area (Å²) >= 11 is 6.39. The Hall–Kier alpha value is -2.35. The van der Waals surface area contributed by atoms with Crippen LogP contribution in [0.3, 0.4) is 0 Å². The SMILES string of the molecule is CCC(=O)N1CCC2(CCC(Nc3nc(Nc4cn(C)nc4C)ncc3Cl)CC2)CC1. The standard InChI is InChI=1S/C22H32ClN7O/c1-4-19(31)30-11-9-22(10-12-30)7-5-16(6-8-22)25-20-17(23)13-24-21(27-20)26-18-14-29(3)28-15(18)2/h13-14,16H,4-12H2,1-3H3,(H2,24,25,26,27). The van der Waals surface area contributed by atoms with Crippen molar-refractivity contribution in [3.63, 3.8) is 0 Å². The van der Waals surface area contributed by atoms with Gasteiger partial charge in [0.05, 0.1) is 17.6 Å². The van der Waals surface area contributed by atoms with Crippen LogP contribution in [-0.4, -0.2) is 49.7 Å². The quantitative estimate of drug-likeness (QED) is 0.713. The minimum atomic E-state index is 0.287. The van der Waals surface area contributed by atoms with Crippen LogP contribution in [0, 0.1) is 12.3 Å². The number of carbonyl (C=O) groups is 1. The van der Waals surface area contributed by atoms with E-state index in [1.165, 1.54) is 12.8 Å². The summed E-state index contributed by atoms with van der Waals surface area (Å²) in [5, 5.41) is 11.6. The summed E-state index contributed by atoms with van der Waals surface area (Å²) < 4.78 is 1.76. The van der Waals surface area contributed by atoms with Crippen LogP contribution in [0.1, 0.15) is 57.6 Å². The highest BCUT2D eigenvalue weighted by atomic mass is 35.5. The molecular weight excluding hydrogens is 414 g/mol. The van der Waals surface area contributed by atoms with Crippen molar-refractivity contribution in [2.24, 2.45) is 12.5 Å². The molecular formula is C22H32ClN7O. The highest BCUT2D eigenvalue weighted by Gasteiger charge is 2.38. The molecule has 0 unspecified atom stereocenters. The molecule has 0 aromatic carbocycles. The van der Waals surface area contributed by atoms with Crippen molar-refractivity contribution in [2.45, 2.75) is 64.8 Å². The molecule has 4 rings (SSSR count). The second-order valence-electron chi connectivity index (χ2n) is 8.97. The Balaban J connectivity index is 1.34. The largest absolute Gasteiger partial charge is 0.366 e. The van der Waals surface area contributed by atoms with E-state index in [1.54, 1.807) is 10.9 Å². The molecule has 1 amide bonds. The number of rotatable bonds is 5. The second-order valence-corrected chi connectivity index (χ2v) is 9.38. The lowest BCUT2D eigenvalue weighted by molar-refractivity contribution is -0.133. The van der Waals surface area contributed by atoms with Crippen LogP contribution in [0.2, 0.25) is 5.02 Å². The first-order valence-corrected chi connectivity index (χ1v) is 11.6. The molecule has 1 saturated heterocycles. The van der Waals surface area contributed by atoms with Gasteiger partial charge in [-0.1, -0.05) is 18.5 Å². The maximum absolute atomic E-state index is 12.0. The van der Waals surface area contributed by atoms with Gasteiger partial charge in [-0.05, 0) is 50.9 Å². The molecule has 2 fully saturated rings. The van der Waals surface area contributed by atoms with Gasteiger partial charge in [0.2, 0.25) is 11.9 Å². The summed E-state index contributed by atoms with van der Waals surface area (Å²) in [5.74, 6) is 1.46. The second kappa shape index (κ2) is 9.02. The van der Waals surface area contributed by atoms with Crippen LogP contribution in [0.5, 0.6) is 0 Å². The minimum absolute atomic E-state index is 0.287. The predicted molar refractivity (Wildman–Crippen MR) is 123 cm³/mol. The number of amides is 1. The number of likely N-dealkylation sites (tertiary alicyclic amines) is 1. The van der Waals surface area contributed by atoms with Crippen molar-refractivity contribution in [1.29, 1.82) is 0 Å². The molecule has 1 aliphatic carbocycles. The van der Waals surface area contributed by atoms with Crippen molar-refractivity contribution >= 4 is 35.0 Å². The average Bonchev–Trinajstić information content (AvgIpc) is 3.08. The van der Waals surface area contributed by atoms with Gasteiger partial charge >= 0.3 is 0 Å². The lowest BCUT2D eigenvalue weighted by Crippen LogP contribution is -2.45. The first-order chi connectivity index (χ1) is 14.9. The molecule has 1 spiro atoms. The van der Waals surface area contributed by atoms with E-state index in [9.17, 15) is 4.79 Å². The van der Waals surface area contributed by atoms with Gasteiger partial charge in [0, 0.05) is 38.8 Å². The van der Waals surface area contributed by atoms with Crippen LogP contribution in [0.4, 0.5) is 17.5 Å². The van der Waals surface area contributed by atoms with Gasteiger partial charge in [-0.2, -0.15) is 10.1 Å². The zero-order valence-corrected chi connectivity index (χ0v) is 19.4. The number of aryl methyl sites for hydroxylation is 2. The van der Waals surface area contributed by atoms with Gasteiger partial charge in [0.15, 0.2) is 5.82 Å². The van der Waals surface area contributed by atoms with Crippen LogP contribution >= 0.6 is 11.6 Å². The molecule has 0 atom stereocenters. The number of nitrogens with zero attached hydrogens (tertiary/aromatic N) is 5. The Morgan fingerprint density at radius 3 is 2.58 bits per heavy atom. The van der Waals surface area contributed by atoms with Crippen LogP contribution in [-0.2, 0) is 11.8 Å². The van der Waals surface area contributed by atoms with Gasteiger partial charge < -0.3 is 15.5 Å². The van der Waals surface area contributed by atoms with Gasteiger partial charge in [-0.3, -0.25) is 9.48 Å². The van der Waals surface area contributed by atoms with Gasteiger partial charge in [-0.25, -0.2) is 4.98 Å². The van der Waals surface area contributed by atoms with Crippen LogP contribution in [0.15, 0.2) is 12.4 Å². The zero-order chi connectivity index (χ0) is 22.0. The first kappa shape index (κ1) is 21.9. The Morgan fingerprint density at radius 2 is 1.97 bits per heavy atom. The molecule has 31 heavy (non-hydrogen) atoms. The van der Waals surface area contributed by atoms with Gasteiger partial charge in [-0.15, -0.1) is 0 Å². The lowest BCUT2D eigenvalue weighted by atomic mass is 9.67. The molecule has 2 aromatic rings. The summed E-state index contributed by atoms with van der Waals surface area (Å²) in [6.07, 6.45) is 10.9. The fourth-order valence-corrected chi connectivity index (χ4v) is 5.04. The fraction of sp³-hybridized carbons (Fsp3) is 0.636. The van der Waals surface area contributed by atoms with Crippen LogP contribution < -0.4 is 10.6 Å². The van der Waals surface area contributed by atoms with Gasteiger partial charge in [0.1, 0.15) is 5.02 Å². The predicted octanol–water partition coefficient (Wildman–Crippen LogP) is 4.29. The number of hydrogen-bond donors (Lipinski definition) is 2. The van der Waals surface area contributed by atoms with Gasteiger partial charge in [0.25, 0.3) is 0 Å². The maximum atomic E-state index is 12.0.